The summed E-state index contributed by atoms with van der Waals surface area (Å²) in [5, 5.41) is 7.93. The highest BCUT2D eigenvalue weighted by molar-refractivity contribution is 7.92. The second-order valence-corrected chi connectivity index (χ2v) is 13.9. The molecule has 3 aliphatic rings. The van der Waals surface area contributed by atoms with Crippen LogP contribution in [0.2, 0.25) is 0 Å². The first-order valence-electron chi connectivity index (χ1n) is 14.4. The van der Waals surface area contributed by atoms with Gasteiger partial charge in [-0.1, -0.05) is 19.9 Å². The molecule has 2 aromatic heterocycles. The van der Waals surface area contributed by atoms with Crippen LogP contribution in [-0.4, -0.2) is 73.1 Å². The van der Waals surface area contributed by atoms with Crippen molar-refractivity contribution in [1.29, 1.82) is 0 Å². The number of hydrogen-bond donors (Lipinski definition) is 1. The SMILES string of the molecule is COc1ccc(CN=S(=O)(N2C[C@@H]3C[C@H]2C[C@H]3CNc2cc(C(C)C)nc3nc(OC4CC4)nn23)C(F)(F)F)cc1OC. The monoisotopic (exact) mass is 623 g/mol. The standard InChI is InChI=1S/C28H36F3N7O4S/c1-16(2)22-12-25(38-26(34-22)35-27(36-38)42-21-6-7-21)32-14-18-10-20-11-19(18)15-37(20)43(39,28(29,30)31)33-13-17-5-8-23(40-3)24(9-17)41-4/h5,8-9,12,16,18-21,32H,6-7,10-11,13-15H2,1-4H3/t18-,19-,20+,43?/m0/s1. The minimum atomic E-state index is -5.00. The van der Waals surface area contributed by atoms with Crippen LogP contribution in [0.1, 0.15) is 56.7 Å². The maximum Gasteiger partial charge on any atom is 0.493 e. The summed E-state index contributed by atoms with van der Waals surface area (Å²) in [4.78, 5) is 9.06. The summed E-state index contributed by atoms with van der Waals surface area (Å²) in [7, 11) is -1.75. The summed E-state index contributed by atoms with van der Waals surface area (Å²) < 4.78 is 79.4. The number of fused-ring (bicyclic) bond motifs is 3. The van der Waals surface area contributed by atoms with Crippen LogP contribution in [0.15, 0.2) is 28.6 Å². The van der Waals surface area contributed by atoms with Crippen molar-refractivity contribution >= 4 is 21.5 Å². The van der Waals surface area contributed by atoms with E-state index >= 15 is 0 Å². The van der Waals surface area contributed by atoms with E-state index in [0.717, 1.165) is 22.8 Å². The van der Waals surface area contributed by atoms with Crippen LogP contribution >= 0.6 is 0 Å². The first kappa shape index (κ1) is 29.7. The minimum Gasteiger partial charge on any atom is -0.493 e. The molecule has 3 fully saturated rings. The van der Waals surface area contributed by atoms with Gasteiger partial charge in [-0.15, -0.1) is 5.10 Å². The fourth-order valence-corrected chi connectivity index (χ4v) is 7.76. The largest absolute Gasteiger partial charge is 0.493 e. The van der Waals surface area contributed by atoms with Gasteiger partial charge in [-0.2, -0.15) is 22.7 Å². The molecular formula is C28H36F3N7O4S. The number of nitrogens with one attached hydrogen (secondary N) is 1. The quantitative estimate of drug-likeness (QED) is 0.316. The highest BCUT2D eigenvalue weighted by atomic mass is 32.2. The number of methoxy groups -OCH3 is 2. The summed E-state index contributed by atoms with van der Waals surface area (Å²) in [5.74, 6) is 2.16. The molecule has 11 nitrogen and oxygen atoms in total. The van der Waals surface area contributed by atoms with Crippen molar-refractivity contribution in [3.05, 3.63) is 35.5 Å². The molecule has 2 aliphatic carbocycles. The molecular weight excluding hydrogens is 587 g/mol. The molecule has 43 heavy (non-hydrogen) atoms. The van der Waals surface area contributed by atoms with E-state index < -0.39 is 21.5 Å². The molecule has 2 saturated carbocycles. The highest BCUT2D eigenvalue weighted by Gasteiger charge is 2.56. The molecule has 1 unspecified atom stereocenters. The second-order valence-electron chi connectivity index (χ2n) is 11.7. The molecule has 1 aliphatic heterocycles. The van der Waals surface area contributed by atoms with Crippen LogP contribution in [0.5, 0.6) is 17.5 Å². The first-order valence-corrected chi connectivity index (χ1v) is 15.9. The normalized spacial score (nSPS) is 23.5. The molecule has 0 radical (unpaired) electrons. The van der Waals surface area contributed by atoms with Gasteiger partial charge in [0.15, 0.2) is 11.5 Å². The first-order chi connectivity index (χ1) is 20.5. The zero-order chi connectivity index (χ0) is 30.5. The number of benzene rings is 1. The molecule has 1 saturated heterocycles. The van der Waals surface area contributed by atoms with E-state index in [4.69, 9.17) is 14.2 Å². The Morgan fingerprint density at radius 2 is 1.88 bits per heavy atom. The van der Waals surface area contributed by atoms with Gasteiger partial charge in [0.2, 0.25) is 9.92 Å². The van der Waals surface area contributed by atoms with E-state index in [2.05, 4.69) is 24.7 Å². The number of alkyl halides is 3. The number of ether oxygens (including phenoxy) is 3. The predicted octanol–water partition coefficient (Wildman–Crippen LogP) is 5.03. The van der Waals surface area contributed by atoms with Crippen molar-refractivity contribution in [2.24, 2.45) is 16.2 Å². The Hall–Kier alpha value is -3.33. The molecule has 0 amide bonds. The molecule has 6 rings (SSSR count). The van der Waals surface area contributed by atoms with Gasteiger partial charge in [0.25, 0.3) is 5.78 Å². The highest BCUT2D eigenvalue weighted by Crippen LogP contribution is 2.47. The van der Waals surface area contributed by atoms with Crippen LogP contribution in [0.4, 0.5) is 19.0 Å². The Labute approximate surface area is 248 Å². The molecule has 234 valence electrons. The van der Waals surface area contributed by atoms with Gasteiger partial charge >= 0.3 is 11.5 Å². The van der Waals surface area contributed by atoms with Crippen molar-refractivity contribution in [2.75, 3.05) is 32.6 Å². The van der Waals surface area contributed by atoms with Gasteiger partial charge in [0.1, 0.15) is 11.9 Å². The van der Waals surface area contributed by atoms with Gasteiger partial charge in [-0.3, -0.25) is 0 Å². The van der Waals surface area contributed by atoms with E-state index in [0.29, 0.717) is 48.0 Å². The Bertz CT molecular complexity index is 1620. The summed E-state index contributed by atoms with van der Waals surface area (Å²) in [6.45, 7) is 4.31. The van der Waals surface area contributed by atoms with Crippen LogP contribution in [0.25, 0.3) is 5.78 Å². The second kappa shape index (κ2) is 11.3. The smallest absolute Gasteiger partial charge is 0.493 e. The fourth-order valence-electron chi connectivity index (χ4n) is 5.90. The minimum absolute atomic E-state index is 0.0524. The number of nitrogens with zero attached hydrogens (tertiary/aromatic N) is 6. The van der Waals surface area contributed by atoms with Crippen molar-refractivity contribution < 1.29 is 31.6 Å². The van der Waals surface area contributed by atoms with Crippen LogP contribution in [0.3, 0.4) is 0 Å². The van der Waals surface area contributed by atoms with Gasteiger partial charge in [0, 0.05) is 25.2 Å². The number of hydrogen-bond acceptors (Lipinski definition) is 9. The predicted molar refractivity (Wildman–Crippen MR) is 154 cm³/mol. The van der Waals surface area contributed by atoms with Crippen LogP contribution < -0.4 is 19.5 Å². The molecule has 4 atom stereocenters. The summed E-state index contributed by atoms with van der Waals surface area (Å²) in [6, 6.07) is 6.47. The lowest BCUT2D eigenvalue weighted by Gasteiger charge is -2.34. The lowest BCUT2D eigenvalue weighted by atomic mass is 9.95. The number of piperidine rings is 1. The lowest BCUT2D eigenvalue weighted by molar-refractivity contribution is -0.0461. The number of rotatable bonds is 11. The van der Waals surface area contributed by atoms with E-state index in [9.17, 15) is 17.4 Å². The lowest BCUT2D eigenvalue weighted by Crippen LogP contribution is -2.46. The molecule has 1 N–H and O–H groups in total. The maximum atomic E-state index is 14.4. The van der Waals surface area contributed by atoms with Crippen molar-refractivity contribution in [3.63, 3.8) is 0 Å². The van der Waals surface area contributed by atoms with E-state index in [1.54, 1.807) is 22.7 Å². The van der Waals surface area contributed by atoms with Crippen molar-refractivity contribution in [1.82, 2.24) is 23.9 Å². The van der Waals surface area contributed by atoms with E-state index in [1.165, 1.54) is 14.2 Å². The van der Waals surface area contributed by atoms with Crippen LogP contribution in [0, 0.1) is 11.8 Å². The van der Waals surface area contributed by atoms with Crippen molar-refractivity contribution in [3.8, 4) is 17.5 Å². The zero-order valence-electron chi connectivity index (χ0n) is 24.5. The zero-order valence-corrected chi connectivity index (χ0v) is 25.3. The molecule has 1 aromatic carbocycles. The number of anilines is 1. The molecule has 2 bridgehead atoms. The molecule has 3 aromatic rings. The third-order valence-corrected chi connectivity index (χ3v) is 10.5. The summed E-state index contributed by atoms with van der Waals surface area (Å²) in [6.07, 6.45) is 3.13. The Balaban J connectivity index is 1.17. The number of aromatic nitrogens is 4. The Morgan fingerprint density at radius 1 is 1.12 bits per heavy atom. The molecule has 15 heteroatoms. The van der Waals surface area contributed by atoms with E-state index in [-0.39, 0.29) is 43.0 Å². The van der Waals surface area contributed by atoms with Gasteiger partial charge < -0.3 is 19.5 Å². The summed E-state index contributed by atoms with van der Waals surface area (Å²) in [5.41, 5.74) is -3.70. The maximum absolute atomic E-state index is 14.4. The average Bonchev–Trinajstić information content (AvgIpc) is 3.36. The molecule has 0 spiro atoms. The molecule has 3 heterocycles. The topological polar surface area (TPSA) is 115 Å². The van der Waals surface area contributed by atoms with Gasteiger partial charge in [-0.25, -0.2) is 17.9 Å². The van der Waals surface area contributed by atoms with Gasteiger partial charge in [-0.05, 0) is 61.1 Å². The van der Waals surface area contributed by atoms with Gasteiger partial charge in [0.05, 0.1) is 26.5 Å². The van der Waals surface area contributed by atoms with E-state index in [1.807, 2.05) is 19.9 Å². The van der Waals surface area contributed by atoms with Crippen molar-refractivity contribution in [2.45, 2.75) is 69.6 Å². The fraction of sp³-hybridized carbons (Fsp3) is 0.607. The number of halogens is 3. The Kier molecular flexibility index (Phi) is 7.82. The Morgan fingerprint density at radius 3 is 2.51 bits per heavy atom. The third kappa shape index (κ3) is 5.80. The third-order valence-electron chi connectivity index (χ3n) is 8.37. The average molecular weight is 624 g/mol. The summed E-state index contributed by atoms with van der Waals surface area (Å²) >= 11 is 0. The van der Waals surface area contributed by atoms with Crippen LogP contribution in [-0.2, 0) is 16.5 Å².